The molecule has 1 aromatic rings. The van der Waals surface area contributed by atoms with Crippen LogP contribution in [0.5, 0.6) is 0 Å². The molecule has 0 spiro atoms. The van der Waals surface area contributed by atoms with Crippen LogP contribution in [0.4, 0.5) is 9.18 Å². The summed E-state index contributed by atoms with van der Waals surface area (Å²) in [6.07, 6.45) is 5.53. The van der Waals surface area contributed by atoms with E-state index in [1.54, 1.807) is 19.1 Å². The number of carbonyl (C=O) groups excluding carboxylic acids is 4. The van der Waals surface area contributed by atoms with Gasteiger partial charge in [-0.15, -0.1) is 0 Å². The number of rotatable bonds is 6. The van der Waals surface area contributed by atoms with Crippen molar-refractivity contribution in [2.45, 2.75) is 64.6 Å². The predicted molar refractivity (Wildman–Crippen MR) is 141 cm³/mol. The minimum Gasteiger partial charge on any atom is -0.454 e. The van der Waals surface area contributed by atoms with Gasteiger partial charge in [0.05, 0.1) is 12.7 Å². The van der Waals surface area contributed by atoms with E-state index in [9.17, 15) is 28.7 Å². The highest BCUT2D eigenvalue weighted by Crippen LogP contribution is 2.68. The molecule has 8 nitrogen and oxygen atoms in total. The van der Waals surface area contributed by atoms with Gasteiger partial charge in [-0.2, -0.15) is 0 Å². The Labute approximate surface area is 232 Å². The van der Waals surface area contributed by atoms with Crippen molar-refractivity contribution in [3.63, 3.8) is 0 Å². The lowest BCUT2D eigenvalue weighted by Crippen LogP contribution is -2.63. The van der Waals surface area contributed by atoms with Crippen LogP contribution in [-0.4, -0.2) is 53.7 Å². The second-order valence-electron chi connectivity index (χ2n) is 11.9. The summed E-state index contributed by atoms with van der Waals surface area (Å²) >= 11 is 0. The fourth-order valence-electron chi connectivity index (χ4n) is 8.11. The van der Waals surface area contributed by atoms with Gasteiger partial charge in [-0.05, 0) is 87.3 Å². The van der Waals surface area contributed by atoms with Crippen molar-refractivity contribution in [2.24, 2.45) is 28.6 Å². The highest BCUT2D eigenvalue weighted by Gasteiger charge is 2.71. The Hall–Kier alpha value is -3.33. The van der Waals surface area contributed by atoms with E-state index in [0.717, 1.165) is 24.1 Å². The van der Waals surface area contributed by atoms with E-state index in [4.69, 9.17) is 14.2 Å². The molecule has 0 bridgehead atoms. The number of benzene rings is 1. The Kier molecular flexibility index (Phi) is 7.23. The van der Waals surface area contributed by atoms with Crippen molar-refractivity contribution in [3.8, 4) is 0 Å². The highest BCUT2D eigenvalue weighted by molar-refractivity contribution is 6.01. The molecule has 40 heavy (non-hydrogen) atoms. The molecule has 0 amide bonds. The summed E-state index contributed by atoms with van der Waals surface area (Å²) < 4.78 is 29.7. The van der Waals surface area contributed by atoms with Gasteiger partial charge in [-0.25, -0.2) is 14.0 Å². The molecule has 4 aliphatic carbocycles. The summed E-state index contributed by atoms with van der Waals surface area (Å²) in [5.41, 5.74) is -2.07. The number of ketones is 2. The Morgan fingerprint density at radius 1 is 1.10 bits per heavy atom. The van der Waals surface area contributed by atoms with Crippen LogP contribution >= 0.6 is 0 Å². The molecule has 4 aliphatic rings. The zero-order valence-electron chi connectivity index (χ0n) is 23.0. The fraction of sp³-hybridized carbons (Fsp3) is 0.548. The Bertz CT molecular complexity index is 1280. The maximum atomic E-state index is 13.8. The number of esters is 1. The van der Waals surface area contributed by atoms with Gasteiger partial charge in [0.2, 0.25) is 5.60 Å². The molecule has 0 radical (unpaired) electrons. The van der Waals surface area contributed by atoms with E-state index < -0.39 is 52.9 Å². The van der Waals surface area contributed by atoms with Gasteiger partial charge in [0.1, 0.15) is 5.82 Å². The summed E-state index contributed by atoms with van der Waals surface area (Å²) in [5, 5.41) is 11.7. The third-order valence-corrected chi connectivity index (χ3v) is 9.97. The van der Waals surface area contributed by atoms with Gasteiger partial charge in [-0.1, -0.05) is 25.5 Å². The molecule has 3 saturated carbocycles. The summed E-state index contributed by atoms with van der Waals surface area (Å²) in [4.78, 5) is 51.3. The van der Waals surface area contributed by atoms with Gasteiger partial charge in [-0.3, -0.25) is 9.59 Å². The molecule has 214 valence electrons. The van der Waals surface area contributed by atoms with Crippen molar-refractivity contribution >= 4 is 23.7 Å². The predicted octanol–water partition coefficient (Wildman–Crippen LogP) is 4.74. The minimum absolute atomic E-state index is 0.00457. The van der Waals surface area contributed by atoms with Crippen LogP contribution in [0.2, 0.25) is 0 Å². The van der Waals surface area contributed by atoms with Gasteiger partial charge in [0.15, 0.2) is 18.2 Å². The molecule has 0 heterocycles. The first-order valence-electron chi connectivity index (χ1n) is 13.9. The topological polar surface area (TPSA) is 116 Å². The van der Waals surface area contributed by atoms with Gasteiger partial charge < -0.3 is 19.3 Å². The van der Waals surface area contributed by atoms with Crippen molar-refractivity contribution in [1.82, 2.24) is 0 Å². The van der Waals surface area contributed by atoms with E-state index in [0.29, 0.717) is 12.8 Å². The maximum absolute atomic E-state index is 13.8. The zero-order valence-corrected chi connectivity index (χ0v) is 23.0. The quantitative estimate of drug-likeness (QED) is 0.396. The minimum atomic E-state index is -1.77. The van der Waals surface area contributed by atoms with E-state index in [2.05, 4.69) is 6.92 Å². The van der Waals surface area contributed by atoms with E-state index >= 15 is 0 Å². The average Bonchev–Trinajstić information content (AvgIpc) is 3.19. The lowest BCUT2D eigenvalue weighted by Gasteiger charge is -2.59. The van der Waals surface area contributed by atoms with Crippen LogP contribution in [0.1, 0.15) is 63.2 Å². The largest absolute Gasteiger partial charge is 0.509 e. The lowest BCUT2D eigenvalue weighted by molar-refractivity contribution is -0.200. The molecule has 1 aromatic carbocycles. The molecule has 1 N–H and O–H groups in total. The first-order chi connectivity index (χ1) is 18.9. The first kappa shape index (κ1) is 28.2. The molecule has 0 unspecified atom stereocenters. The van der Waals surface area contributed by atoms with Crippen molar-refractivity contribution in [3.05, 3.63) is 59.4 Å². The second-order valence-corrected chi connectivity index (χ2v) is 11.9. The van der Waals surface area contributed by atoms with Crippen LogP contribution in [0.25, 0.3) is 0 Å². The van der Waals surface area contributed by atoms with Crippen LogP contribution in [0, 0.1) is 34.4 Å². The third-order valence-electron chi connectivity index (χ3n) is 9.97. The smallest absolute Gasteiger partial charge is 0.454 e. The molecule has 0 aromatic heterocycles. The molecule has 0 saturated heterocycles. The number of Topliss-reactive ketones (excluding diaryl/α,β-unsaturated/α-hetero) is 1. The van der Waals surface area contributed by atoms with Gasteiger partial charge in [0.25, 0.3) is 0 Å². The van der Waals surface area contributed by atoms with Crippen molar-refractivity contribution < 1.29 is 42.9 Å². The van der Waals surface area contributed by atoms with Crippen LogP contribution in [0.15, 0.2) is 48.1 Å². The molecule has 0 aliphatic heterocycles. The fourth-order valence-corrected chi connectivity index (χ4v) is 8.11. The molecular weight excluding hydrogens is 519 g/mol. The summed E-state index contributed by atoms with van der Waals surface area (Å²) in [6, 6.07) is 4.90. The Morgan fingerprint density at radius 2 is 1.82 bits per heavy atom. The number of ether oxygens (including phenoxy) is 3. The average molecular weight is 555 g/mol. The van der Waals surface area contributed by atoms with Crippen LogP contribution in [-0.2, 0) is 23.8 Å². The second kappa shape index (κ2) is 10.3. The number of fused-ring (bicyclic) bond motifs is 5. The van der Waals surface area contributed by atoms with Gasteiger partial charge in [0, 0.05) is 22.3 Å². The molecule has 7 atom stereocenters. The SMILES string of the molecule is CCOC(=O)O[C@]1(C(=O)OCC(=O)c2ccc(F)cc2)CC[C@H]2[C@@H]3CCC4=CC(=O)C=C[C@]4(C)[C@H]3[C@@H](O)C[C@@]21C. The summed E-state index contributed by atoms with van der Waals surface area (Å²) in [7, 11) is 0. The van der Waals surface area contributed by atoms with E-state index in [-0.39, 0.29) is 48.5 Å². The zero-order chi connectivity index (χ0) is 28.9. The number of hydrogen-bond donors (Lipinski definition) is 1. The van der Waals surface area contributed by atoms with Crippen LogP contribution < -0.4 is 0 Å². The molecular formula is C31H35FO8. The van der Waals surface area contributed by atoms with Crippen molar-refractivity contribution in [1.29, 1.82) is 0 Å². The number of hydrogen-bond acceptors (Lipinski definition) is 8. The van der Waals surface area contributed by atoms with Crippen molar-refractivity contribution in [2.75, 3.05) is 13.2 Å². The first-order valence-corrected chi connectivity index (χ1v) is 13.9. The number of halogens is 1. The molecule has 3 fully saturated rings. The third kappa shape index (κ3) is 4.39. The number of aliphatic hydroxyl groups excluding tert-OH is 1. The maximum Gasteiger partial charge on any atom is 0.509 e. The monoisotopic (exact) mass is 554 g/mol. The number of allylic oxidation sites excluding steroid dienone is 4. The summed E-state index contributed by atoms with van der Waals surface area (Å²) in [6.45, 7) is 4.95. The number of aliphatic hydroxyl groups is 1. The van der Waals surface area contributed by atoms with Crippen LogP contribution in [0.3, 0.4) is 0 Å². The van der Waals surface area contributed by atoms with E-state index in [1.165, 1.54) is 12.1 Å². The Balaban J connectivity index is 1.45. The standard InChI is InChI=1S/C31H35FO8/c1-4-38-28(37)40-31(27(36)39-17-25(35)18-5-8-20(32)9-6-18)14-12-23-22-10-7-19-15-21(33)11-13-29(19,2)26(22)24(34)16-30(23,31)3/h5-6,8-9,11,13,15,22-24,26,34H,4,7,10,12,14,16-17H2,1-3H3/t22-,23-,24-,26+,29-,30-,31-/m0/s1. The molecule has 5 rings (SSSR count). The number of carbonyl (C=O) groups is 4. The Morgan fingerprint density at radius 3 is 2.52 bits per heavy atom. The lowest BCUT2D eigenvalue weighted by atomic mass is 9.46. The summed E-state index contributed by atoms with van der Waals surface area (Å²) in [5.74, 6) is -2.22. The molecule has 9 heteroatoms. The van der Waals surface area contributed by atoms with Gasteiger partial charge >= 0.3 is 12.1 Å². The van der Waals surface area contributed by atoms with E-state index in [1.807, 2.05) is 13.0 Å². The normalized spacial score (nSPS) is 36.0. The highest BCUT2D eigenvalue weighted by atomic mass is 19.1.